The van der Waals surface area contributed by atoms with Crippen LogP contribution in [0.2, 0.25) is 5.28 Å². The van der Waals surface area contributed by atoms with Crippen LogP contribution in [-0.2, 0) is 17.6 Å². The van der Waals surface area contributed by atoms with Crippen molar-refractivity contribution in [2.75, 3.05) is 48.8 Å². The molecule has 1 aliphatic rings. The van der Waals surface area contributed by atoms with Gasteiger partial charge in [0.25, 0.3) is 5.91 Å². The van der Waals surface area contributed by atoms with Crippen molar-refractivity contribution < 1.29 is 22.7 Å². The molecule has 12 heteroatoms. The number of halogens is 4. The van der Waals surface area contributed by atoms with Crippen LogP contribution in [0, 0.1) is 0 Å². The molecule has 0 bridgehead atoms. The third kappa shape index (κ3) is 5.57. The Bertz CT molecular complexity index is 1270. The molecule has 0 saturated heterocycles. The van der Waals surface area contributed by atoms with E-state index < -0.39 is 20.9 Å². The first-order valence-corrected chi connectivity index (χ1v) is 16.1. The van der Waals surface area contributed by atoms with Gasteiger partial charge in [-0.2, -0.15) is 18.3 Å². The number of benzene rings is 1. The van der Waals surface area contributed by atoms with Crippen LogP contribution in [0.3, 0.4) is 0 Å². The van der Waals surface area contributed by atoms with Crippen LogP contribution in [0.5, 0.6) is 0 Å². The molecule has 2 aromatic heterocycles. The molecule has 198 valence electrons. The van der Waals surface area contributed by atoms with Gasteiger partial charge in [0.1, 0.15) is 12.4 Å². The Morgan fingerprint density at radius 1 is 1.14 bits per heavy atom. The number of anilines is 1. The van der Waals surface area contributed by atoms with Crippen molar-refractivity contribution in [3.63, 3.8) is 0 Å². The molecule has 0 fully saturated rings. The van der Waals surface area contributed by atoms with Gasteiger partial charge >= 0.3 is 6.18 Å². The Balaban J connectivity index is 1.62. The fourth-order valence-electron chi connectivity index (χ4n) is 3.98. The van der Waals surface area contributed by atoms with E-state index >= 15 is 0 Å². The minimum absolute atomic E-state index is 0.164. The molecule has 1 unspecified atom stereocenters. The van der Waals surface area contributed by atoms with Crippen molar-refractivity contribution in [3.05, 3.63) is 53.2 Å². The van der Waals surface area contributed by atoms with E-state index in [4.69, 9.17) is 16.3 Å². The lowest BCUT2D eigenvalue weighted by molar-refractivity contribution is -0.137. The highest BCUT2D eigenvalue weighted by molar-refractivity contribution is 8.47. The van der Waals surface area contributed by atoms with E-state index in [2.05, 4.69) is 35.1 Å². The van der Waals surface area contributed by atoms with E-state index in [1.807, 2.05) is 6.92 Å². The standard InChI is InChI=1S/C24H31ClF3N5O2S/c1-16-14-31(18-8-6-17(7-9-18)24(26,27)28)22(34)21-19(12-30-33(16)21)20-13-29-23(25)32(20)15-35-10-11-36(2,3,4)5/h6-9,12-13,16,36H,10-11,14-15H2,1-5H3. The zero-order chi connectivity index (χ0) is 26.5. The summed E-state index contributed by atoms with van der Waals surface area (Å²) in [6.45, 7) is 2.90. The Labute approximate surface area is 213 Å². The number of fused-ring (bicyclic) bond motifs is 1. The number of ether oxygens (including phenoxy) is 1. The number of carbonyl (C=O) groups excluding carboxylic acids is 1. The number of alkyl halides is 3. The first kappa shape index (κ1) is 26.6. The number of nitrogens with zero attached hydrogens (tertiary/aromatic N) is 5. The summed E-state index contributed by atoms with van der Waals surface area (Å²) in [5.41, 5.74) is 1.04. The highest BCUT2D eigenvalue weighted by atomic mass is 35.5. The van der Waals surface area contributed by atoms with Crippen LogP contribution in [0.4, 0.5) is 18.9 Å². The van der Waals surface area contributed by atoms with Crippen molar-refractivity contribution >= 4 is 32.4 Å². The lowest BCUT2D eigenvalue weighted by Gasteiger charge is -2.46. The van der Waals surface area contributed by atoms with E-state index in [1.54, 1.807) is 21.6 Å². The number of imidazole rings is 1. The van der Waals surface area contributed by atoms with Gasteiger partial charge < -0.3 is 9.64 Å². The van der Waals surface area contributed by atoms with E-state index in [0.717, 1.165) is 17.9 Å². The van der Waals surface area contributed by atoms with Crippen molar-refractivity contribution in [3.8, 4) is 11.3 Å². The minimum atomic E-state index is -4.45. The fraction of sp³-hybridized carbons (Fsp3) is 0.458. The molecule has 36 heavy (non-hydrogen) atoms. The van der Waals surface area contributed by atoms with Crippen LogP contribution in [0.25, 0.3) is 11.3 Å². The van der Waals surface area contributed by atoms with Crippen LogP contribution < -0.4 is 4.90 Å². The molecule has 3 aromatic rings. The van der Waals surface area contributed by atoms with Gasteiger partial charge in [-0.25, -0.2) is 4.98 Å². The summed E-state index contributed by atoms with van der Waals surface area (Å²) >= 11 is 6.35. The monoisotopic (exact) mass is 545 g/mol. The minimum Gasteiger partial charge on any atom is -0.360 e. The topological polar surface area (TPSA) is 65.2 Å². The summed E-state index contributed by atoms with van der Waals surface area (Å²) in [6, 6.07) is 4.38. The molecule has 1 amide bonds. The first-order valence-electron chi connectivity index (χ1n) is 11.5. The first-order chi connectivity index (χ1) is 16.6. The largest absolute Gasteiger partial charge is 0.416 e. The number of thiol groups is 1. The second-order valence-corrected chi connectivity index (χ2v) is 19.9. The van der Waals surface area contributed by atoms with Gasteiger partial charge in [0.15, 0.2) is 0 Å². The zero-order valence-corrected chi connectivity index (χ0v) is 22.5. The highest BCUT2D eigenvalue weighted by Crippen LogP contribution is 2.54. The molecule has 1 aromatic carbocycles. The normalized spacial score (nSPS) is 17.7. The number of rotatable bonds is 7. The number of aromatic nitrogens is 4. The maximum atomic E-state index is 13.6. The molecule has 7 nitrogen and oxygen atoms in total. The van der Waals surface area contributed by atoms with Crippen molar-refractivity contribution in [1.29, 1.82) is 0 Å². The summed E-state index contributed by atoms with van der Waals surface area (Å²) in [4.78, 5) is 19.3. The van der Waals surface area contributed by atoms with Gasteiger partial charge in [-0.3, -0.25) is 23.2 Å². The van der Waals surface area contributed by atoms with Crippen molar-refractivity contribution in [1.82, 2.24) is 19.3 Å². The molecule has 0 radical (unpaired) electrons. The SMILES string of the molecule is CC1CN(c2ccc(C(F)(F)F)cc2)C(=O)c2c(-c3cnc(Cl)n3COCC[SH](C)(C)(C)C)cnn21. The molecule has 3 heterocycles. The highest BCUT2D eigenvalue weighted by Gasteiger charge is 2.36. The van der Waals surface area contributed by atoms with E-state index in [0.29, 0.717) is 29.2 Å². The second kappa shape index (κ2) is 9.11. The summed E-state index contributed by atoms with van der Waals surface area (Å²) < 4.78 is 48.2. The van der Waals surface area contributed by atoms with Gasteiger partial charge in [-0.1, -0.05) is 0 Å². The van der Waals surface area contributed by atoms with Gasteiger partial charge in [0.2, 0.25) is 5.28 Å². The third-order valence-corrected chi connectivity index (χ3v) is 8.32. The number of carbonyl (C=O) groups is 1. The van der Waals surface area contributed by atoms with Crippen LogP contribution in [-0.4, -0.2) is 69.2 Å². The summed E-state index contributed by atoms with van der Waals surface area (Å²) in [5, 5.41) is 4.65. The lowest BCUT2D eigenvalue weighted by Crippen LogP contribution is -2.42. The molecule has 0 N–H and O–H groups in total. The lowest BCUT2D eigenvalue weighted by atomic mass is 10.1. The molecule has 1 aliphatic heterocycles. The molecular formula is C24H31ClF3N5O2S. The van der Waals surface area contributed by atoms with E-state index in [9.17, 15) is 18.0 Å². The maximum absolute atomic E-state index is 13.6. The number of amides is 1. The Morgan fingerprint density at radius 3 is 2.42 bits per heavy atom. The van der Waals surface area contributed by atoms with Crippen LogP contribution in [0.15, 0.2) is 36.7 Å². The average molecular weight is 546 g/mol. The van der Waals surface area contributed by atoms with Crippen molar-refractivity contribution in [2.45, 2.75) is 25.9 Å². The molecule has 0 spiro atoms. The molecular weight excluding hydrogens is 515 g/mol. The zero-order valence-electron chi connectivity index (χ0n) is 20.9. The average Bonchev–Trinajstić information content (AvgIpc) is 3.36. The smallest absolute Gasteiger partial charge is 0.360 e. The molecule has 4 rings (SSSR count). The molecule has 0 aliphatic carbocycles. The van der Waals surface area contributed by atoms with E-state index in [-0.39, 0.29) is 30.5 Å². The second-order valence-electron chi connectivity index (χ2n) is 11.2. The number of hydrogen-bond donors (Lipinski definition) is 1. The molecule has 1 atom stereocenters. The predicted molar refractivity (Wildman–Crippen MR) is 140 cm³/mol. The fourth-order valence-corrected chi connectivity index (χ4v) is 5.03. The Morgan fingerprint density at radius 2 is 1.81 bits per heavy atom. The summed E-state index contributed by atoms with van der Waals surface area (Å²) in [6.07, 6.45) is 7.82. The van der Waals surface area contributed by atoms with E-state index in [1.165, 1.54) is 17.0 Å². The van der Waals surface area contributed by atoms with Crippen LogP contribution >= 0.6 is 20.8 Å². The van der Waals surface area contributed by atoms with Gasteiger partial charge in [0, 0.05) is 12.2 Å². The Hall–Kier alpha value is -2.50. The Kier molecular flexibility index (Phi) is 6.72. The summed E-state index contributed by atoms with van der Waals surface area (Å²) in [5.74, 6) is 0.588. The quantitative estimate of drug-likeness (QED) is 0.327. The van der Waals surface area contributed by atoms with Gasteiger partial charge in [-0.05, 0) is 73.6 Å². The third-order valence-electron chi connectivity index (χ3n) is 6.05. The van der Waals surface area contributed by atoms with Gasteiger partial charge in [-0.15, -0.1) is 0 Å². The van der Waals surface area contributed by atoms with Crippen LogP contribution in [0.1, 0.15) is 29.0 Å². The summed E-state index contributed by atoms with van der Waals surface area (Å²) in [7, 11) is -1.72. The number of hydrogen-bond acceptors (Lipinski definition) is 4. The predicted octanol–water partition coefficient (Wildman–Crippen LogP) is 5.21. The molecule has 0 saturated carbocycles. The maximum Gasteiger partial charge on any atom is 0.416 e. The van der Waals surface area contributed by atoms with Crippen molar-refractivity contribution in [2.24, 2.45) is 0 Å². The van der Waals surface area contributed by atoms with Gasteiger partial charge in [0.05, 0.1) is 41.9 Å².